The number of carbonyl (C=O) groups is 2. The molecule has 1 aromatic carbocycles. The van der Waals surface area contributed by atoms with Crippen molar-refractivity contribution in [3.05, 3.63) is 33.1 Å². The number of benzene rings is 1. The zero-order valence-corrected chi connectivity index (χ0v) is 13.6. The van der Waals surface area contributed by atoms with E-state index >= 15 is 0 Å². The fraction of sp³-hybridized carbons (Fsp3) is 0.385. The first-order valence-electron chi connectivity index (χ1n) is 6.10. The van der Waals surface area contributed by atoms with E-state index in [4.69, 9.17) is 0 Å². The van der Waals surface area contributed by atoms with Crippen molar-refractivity contribution >= 4 is 34.5 Å². The maximum Gasteiger partial charge on any atom is 0.406 e. The SMILES string of the molecule is CCOC(=O)CN(CC(F)(F)F)C(=O)c1ccc(F)cc1I. The van der Waals surface area contributed by atoms with Gasteiger partial charge in [-0.2, -0.15) is 13.2 Å². The lowest BCUT2D eigenvalue weighted by Gasteiger charge is -2.23. The van der Waals surface area contributed by atoms with Crippen LogP contribution < -0.4 is 0 Å². The molecule has 4 nitrogen and oxygen atoms in total. The summed E-state index contributed by atoms with van der Waals surface area (Å²) in [5.74, 6) is -2.58. The molecule has 122 valence electrons. The Morgan fingerprint density at radius 2 is 1.95 bits per heavy atom. The van der Waals surface area contributed by atoms with Gasteiger partial charge >= 0.3 is 12.1 Å². The maximum atomic E-state index is 13.0. The minimum Gasteiger partial charge on any atom is -0.465 e. The first-order chi connectivity index (χ1) is 10.1. The van der Waals surface area contributed by atoms with Crippen LogP contribution in [0, 0.1) is 9.39 Å². The van der Waals surface area contributed by atoms with Crippen LogP contribution in [-0.2, 0) is 9.53 Å². The number of nitrogens with zero attached hydrogens (tertiary/aromatic N) is 1. The first kappa shape index (κ1) is 18.7. The molecule has 0 aromatic heterocycles. The molecule has 0 saturated heterocycles. The second-order valence-corrected chi connectivity index (χ2v) is 5.37. The number of rotatable bonds is 5. The van der Waals surface area contributed by atoms with Crippen LogP contribution in [0.15, 0.2) is 18.2 Å². The molecule has 0 spiro atoms. The molecule has 0 saturated carbocycles. The molecular formula is C13H12F4INO3. The Morgan fingerprint density at radius 1 is 1.32 bits per heavy atom. The third-order valence-electron chi connectivity index (χ3n) is 2.44. The Kier molecular flexibility index (Phi) is 6.57. The number of ether oxygens (including phenoxy) is 1. The highest BCUT2D eigenvalue weighted by Gasteiger charge is 2.35. The molecule has 1 aromatic rings. The van der Waals surface area contributed by atoms with Gasteiger partial charge in [-0.25, -0.2) is 4.39 Å². The van der Waals surface area contributed by atoms with Gasteiger partial charge in [-0.1, -0.05) is 0 Å². The lowest BCUT2D eigenvalue weighted by Crippen LogP contribution is -2.42. The largest absolute Gasteiger partial charge is 0.465 e. The highest BCUT2D eigenvalue weighted by atomic mass is 127. The van der Waals surface area contributed by atoms with E-state index in [1.807, 2.05) is 0 Å². The third-order valence-corrected chi connectivity index (χ3v) is 3.34. The fourth-order valence-electron chi connectivity index (χ4n) is 1.61. The van der Waals surface area contributed by atoms with Gasteiger partial charge in [0.25, 0.3) is 5.91 Å². The van der Waals surface area contributed by atoms with Gasteiger partial charge in [-0.15, -0.1) is 0 Å². The van der Waals surface area contributed by atoms with E-state index in [0.717, 1.165) is 18.2 Å². The second-order valence-electron chi connectivity index (χ2n) is 4.21. The molecule has 22 heavy (non-hydrogen) atoms. The number of carbonyl (C=O) groups excluding carboxylic acids is 2. The number of amides is 1. The summed E-state index contributed by atoms with van der Waals surface area (Å²) in [5.41, 5.74) is -0.115. The van der Waals surface area contributed by atoms with Crippen molar-refractivity contribution < 1.29 is 31.9 Å². The van der Waals surface area contributed by atoms with Crippen LogP contribution in [-0.4, -0.2) is 42.6 Å². The molecule has 0 unspecified atom stereocenters. The molecule has 1 amide bonds. The zero-order chi connectivity index (χ0) is 16.9. The van der Waals surface area contributed by atoms with Gasteiger partial charge < -0.3 is 9.64 Å². The van der Waals surface area contributed by atoms with Crippen molar-refractivity contribution in [1.82, 2.24) is 4.90 Å². The Hall–Kier alpha value is -1.39. The van der Waals surface area contributed by atoms with Gasteiger partial charge in [-0.3, -0.25) is 9.59 Å². The molecule has 0 bridgehead atoms. The Balaban J connectivity index is 3.03. The van der Waals surface area contributed by atoms with Crippen molar-refractivity contribution in [2.75, 3.05) is 19.7 Å². The molecule has 0 aliphatic rings. The van der Waals surface area contributed by atoms with Gasteiger partial charge in [0.15, 0.2) is 0 Å². The molecule has 0 radical (unpaired) electrons. The van der Waals surface area contributed by atoms with Gasteiger partial charge in [0.2, 0.25) is 0 Å². The number of hydrogen-bond acceptors (Lipinski definition) is 3. The Bertz CT molecular complexity index is 563. The number of esters is 1. The summed E-state index contributed by atoms with van der Waals surface area (Å²) in [4.78, 5) is 23.9. The lowest BCUT2D eigenvalue weighted by molar-refractivity contribution is -0.153. The monoisotopic (exact) mass is 433 g/mol. The van der Waals surface area contributed by atoms with Crippen molar-refractivity contribution in [3.8, 4) is 0 Å². The quantitative estimate of drug-likeness (QED) is 0.408. The standard InChI is InChI=1S/C13H12F4INO3/c1-2-22-11(20)6-19(7-13(15,16)17)12(21)9-4-3-8(14)5-10(9)18/h3-5H,2,6-7H2,1H3. The Labute approximate surface area is 137 Å². The maximum absolute atomic E-state index is 13.0. The van der Waals surface area contributed by atoms with E-state index in [1.54, 1.807) is 22.6 Å². The lowest BCUT2D eigenvalue weighted by atomic mass is 10.2. The van der Waals surface area contributed by atoms with Gasteiger partial charge in [0.05, 0.1) is 12.2 Å². The number of halogens is 5. The topological polar surface area (TPSA) is 46.6 Å². The van der Waals surface area contributed by atoms with Gasteiger partial charge in [-0.05, 0) is 47.7 Å². The van der Waals surface area contributed by atoms with E-state index in [9.17, 15) is 27.2 Å². The van der Waals surface area contributed by atoms with E-state index in [1.165, 1.54) is 6.92 Å². The molecule has 0 heterocycles. The molecule has 0 atom stereocenters. The first-order valence-corrected chi connectivity index (χ1v) is 7.18. The number of hydrogen-bond donors (Lipinski definition) is 0. The summed E-state index contributed by atoms with van der Waals surface area (Å²) in [6.07, 6.45) is -4.67. The van der Waals surface area contributed by atoms with Crippen molar-refractivity contribution in [2.24, 2.45) is 0 Å². The molecule has 1 rings (SSSR count). The van der Waals surface area contributed by atoms with Crippen molar-refractivity contribution in [3.63, 3.8) is 0 Å². The van der Waals surface area contributed by atoms with E-state index in [0.29, 0.717) is 4.90 Å². The molecule has 0 aliphatic carbocycles. The normalized spacial score (nSPS) is 11.2. The van der Waals surface area contributed by atoms with Crippen LogP contribution in [0.4, 0.5) is 17.6 Å². The van der Waals surface area contributed by atoms with Crippen LogP contribution in [0.25, 0.3) is 0 Å². The van der Waals surface area contributed by atoms with E-state index < -0.39 is 37.0 Å². The third kappa shape index (κ3) is 5.78. The molecule has 0 N–H and O–H groups in total. The van der Waals surface area contributed by atoms with Crippen LogP contribution in [0.5, 0.6) is 0 Å². The minimum atomic E-state index is -4.67. The predicted molar refractivity (Wildman–Crippen MR) is 77.7 cm³/mol. The summed E-state index contributed by atoms with van der Waals surface area (Å²) in [5, 5.41) is 0. The average molecular weight is 433 g/mol. The molecule has 0 aliphatic heterocycles. The van der Waals surface area contributed by atoms with Gasteiger partial charge in [0, 0.05) is 3.57 Å². The Morgan fingerprint density at radius 3 is 2.45 bits per heavy atom. The predicted octanol–water partition coefficient (Wildman–Crippen LogP) is 3.00. The average Bonchev–Trinajstić information content (AvgIpc) is 2.36. The summed E-state index contributed by atoms with van der Waals surface area (Å²) in [7, 11) is 0. The summed E-state index contributed by atoms with van der Waals surface area (Å²) in [6.45, 7) is -0.949. The highest BCUT2D eigenvalue weighted by molar-refractivity contribution is 14.1. The molecular weight excluding hydrogens is 421 g/mol. The summed E-state index contributed by atoms with van der Waals surface area (Å²) < 4.78 is 55.4. The number of alkyl halides is 3. The van der Waals surface area contributed by atoms with Crippen molar-refractivity contribution in [2.45, 2.75) is 13.1 Å². The molecule has 9 heteroatoms. The summed E-state index contributed by atoms with van der Waals surface area (Å²) in [6, 6.07) is 3.06. The molecule has 0 fully saturated rings. The summed E-state index contributed by atoms with van der Waals surface area (Å²) >= 11 is 1.64. The zero-order valence-electron chi connectivity index (χ0n) is 11.4. The smallest absolute Gasteiger partial charge is 0.406 e. The van der Waals surface area contributed by atoms with Crippen LogP contribution in [0.3, 0.4) is 0 Å². The second kappa shape index (κ2) is 7.75. The van der Waals surface area contributed by atoms with E-state index in [2.05, 4.69) is 4.74 Å². The van der Waals surface area contributed by atoms with E-state index in [-0.39, 0.29) is 15.7 Å². The highest BCUT2D eigenvalue weighted by Crippen LogP contribution is 2.21. The minimum absolute atomic E-state index is 0.0129. The van der Waals surface area contributed by atoms with Crippen LogP contribution in [0.1, 0.15) is 17.3 Å². The van der Waals surface area contributed by atoms with Crippen LogP contribution in [0.2, 0.25) is 0 Å². The van der Waals surface area contributed by atoms with Crippen molar-refractivity contribution in [1.29, 1.82) is 0 Å². The van der Waals surface area contributed by atoms with Crippen LogP contribution >= 0.6 is 22.6 Å². The van der Waals surface area contributed by atoms with Gasteiger partial charge in [0.1, 0.15) is 18.9 Å². The fourth-order valence-corrected chi connectivity index (χ4v) is 2.32.